The van der Waals surface area contributed by atoms with Crippen molar-refractivity contribution in [2.45, 2.75) is 6.42 Å². The maximum absolute atomic E-state index is 8.70. The molecule has 0 spiro atoms. The molecule has 0 aliphatic heterocycles. The Kier molecular flexibility index (Phi) is 1.34. The number of nitriles is 1. The topological polar surface area (TPSA) is 62.7 Å². The van der Waals surface area contributed by atoms with E-state index in [-0.39, 0.29) is 0 Å². The molecule has 0 aromatic carbocycles. The summed E-state index contributed by atoms with van der Waals surface area (Å²) in [5.74, 6) is 0.515. The number of pyridine rings is 1. The van der Waals surface area contributed by atoms with Gasteiger partial charge in [0.1, 0.15) is 5.82 Å². The molecule has 0 bridgehead atoms. The number of nitrogens with zero attached hydrogens (tertiary/aromatic N) is 2. The molecule has 1 heterocycles. The number of aromatic nitrogens is 1. The van der Waals surface area contributed by atoms with E-state index in [1.165, 1.54) is 0 Å². The number of allylic oxidation sites excluding steroid dienone is 2. The molecule has 2 N–H and O–H groups in total. The van der Waals surface area contributed by atoms with Gasteiger partial charge in [-0.15, -0.1) is 0 Å². The number of nitrogen functional groups attached to an aromatic ring is 1. The summed E-state index contributed by atoms with van der Waals surface area (Å²) in [4.78, 5) is 3.93. The fraction of sp³-hybridized carbons (Fsp3) is 0.111. The maximum Gasteiger partial charge on any atom is 0.123 e. The SMILES string of the molecule is N#CC1=CCc2cc(N)ncc21. The predicted molar refractivity (Wildman–Crippen MR) is 45.9 cm³/mol. The first-order chi connectivity index (χ1) is 5.81. The molecular weight excluding hydrogens is 150 g/mol. The minimum absolute atomic E-state index is 0.515. The van der Waals surface area contributed by atoms with Gasteiger partial charge in [0.15, 0.2) is 0 Å². The van der Waals surface area contributed by atoms with Crippen LogP contribution in [0.4, 0.5) is 5.82 Å². The van der Waals surface area contributed by atoms with Gasteiger partial charge in [0, 0.05) is 11.8 Å². The van der Waals surface area contributed by atoms with Gasteiger partial charge in [0.2, 0.25) is 0 Å². The predicted octanol–water partition coefficient (Wildman–Crippen LogP) is 1.13. The van der Waals surface area contributed by atoms with E-state index in [0.717, 1.165) is 17.5 Å². The number of nitrogens with two attached hydrogens (primary N) is 1. The van der Waals surface area contributed by atoms with Gasteiger partial charge in [-0.2, -0.15) is 5.26 Å². The molecule has 0 saturated heterocycles. The smallest absolute Gasteiger partial charge is 0.123 e. The maximum atomic E-state index is 8.70. The Labute approximate surface area is 70.1 Å². The zero-order valence-corrected chi connectivity index (χ0v) is 6.41. The highest BCUT2D eigenvalue weighted by atomic mass is 14.8. The summed E-state index contributed by atoms with van der Waals surface area (Å²) in [5.41, 5.74) is 8.23. The Hall–Kier alpha value is -1.82. The van der Waals surface area contributed by atoms with Crippen LogP contribution in [0.15, 0.2) is 18.3 Å². The summed E-state index contributed by atoms with van der Waals surface area (Å²) >= 11 is 0. The molecule has 0 fully saturated rings. The highest BCUT2D eigenvalue weighted by Crippen LogP contribution is 2.26. The third kappa shape index (κ3) is 0.857. The van der Waals surface area contributed by atoms with Crippen LogP contribution >= 0.6 is 0 Å². The van der Waals surface area contributed by atoms with Gasteiger partial charge in [-0.1, -0.05) is 6.08 Å². The summed E-state index contributed by atoms with van der Waals surface area (Å²) in [5, 5.41) is 8.70. The van der Waals surface area contributed by atoms with Crippen molar-refractivity contribution in [1.29, 1.82) is 5.26 Å². The van der Waals surface area contributed by atoms with Crippen LogP contribution < -0.4 is 5.73 Å². The van der Waals surface area contributed by atoms with Crippen LogP contribution in [0.5, 0.6) is 0 Å². The minimum Gasteiger partial charge on any atom is -0.384 e. The zero-order chi connectivity index (χ0) is 8.55. The highest BCUT2D eigenvalue weighted by molar-refractivity contribution is 5.82. The van der Waals surface area contributed by atoms with Gasteiger partial charge >= 0.3 is 0 Å². The number of fused-ring (bicyclic) bond motifs is 1. The molecule has 1 aromatic rings. The van der Waals surface area contributed by atoms with Gasteiger partial charge in [-0.05, 0) is 18.1 Å². The van der Waals surface area contributed by atoms with E-state index in [1.807, 2.05) is 12.1 Å². The van der Waals surface area contributed by atoms with Crippen molar-refractivity contribution in [2.24, 2.45) is 0 Å². The second-order valence-corrected chi connectivity index (χ2v) is 2.70. The molecular formula is C9H7N3. The lowest BCUT2D eigenvalue weighted by molar-refractivity contribution is 1.24. The first-order valence-electron chi connectivity index (χ1n) is 3.66. The summed E-state index contributed by atoms with van der Waals surface area (Å²) in [6.45, 7) is 0. The first kappa shape index (κ1) is 6.86. The first-order valence-corrected chi connectivity index (χ1v) is 3.66. The molecule has 0 amide bonds. The van der Waals surface area contributed by atoms with Gasteiger partial charge in [0.25, 0.3) is 0 Å². The summed E-state index contributed by atoms with van der Waals surface area (Å²) in [6, 6.07) is 3.94. The Morgan fingerprint density at radius 3 is 3.17 bits per heavy atom. The van der Waals surface area contributed by atoms with E-state index in [0.29, 0.717) is 11.4 Å². The third-order valence-electron chi connectivity index (χ3n) is 1.95. The van der Waals surface area contributed by atoms with Crippen molar-refractivity contribution in [3.8, 4) is 6.07 Å². The molecule has 0 unspecified atom stereocenters. The van der Waals surface area contributed by atoms with Crippen molar-refractivity contribution < 1.29 is 0 Å². The zero-order valence-electron chi connectivity index (χ0n) is 6.41. The van der Waals surface area contributed by atoms with Crippen LogP contribution in [-0.2, 0) is 6.42 Å². The van der Waals surface area contributed by atoms with Crippen LogP contribution in [-0.4, -0.2) is 4.98 Å². The molecule has 12 heavy (non-hydrogen) atoms. The summed E-state index contributed by atoms with van der Waals surface area (Å²) in [7, 11) is 0. The summed E-state index contributed by atoms with van der Waals surface area (Å²) in [6.07, 6.45) is 4.35. The van der Waals surface area contributed by atoms with E-state index < -0.39 is 0 Å². The van der Waals surface area contributed by atoms with E-state index in [1.54, 1.807) is 6.20 Å². The number of hydrogen-bond acceptors (Lipinski definition) is 3. The molecule has 1 aliphatic carbocycles. The molecule has 0 radical (unpaired) electrons. The Morgan fingerprint density at radius 1 is 1.58 bits per heavy atom. The standard InChI is InChI=1S/C9H7N3/c10-4-7-2-1-6-3-9(11)12-5-8(6)7/h2-3,5H,1H2,(H2,11,12). The monoisotopic (exact) mass is 157 g/mol. The lowest BCUT2D eigenvalue weighted by Crippen LogP contribution is -1.93. The van der Waals surface area contributed by atoms with E-state index in [2.05, 4.69) is 11.1 Å². The minimum atomic E-state index is 0.515. The molecule has 1 aliphatic rings. The molecule has 3 nitrogen and oxygen atoms in total. The Bertz CT molecular complexity index is 399. The molecule has 3 heteroatoms. The normalized spacial score (nSPS) is 13.4. The summed E-state index contributed by atoms with van der Waals surface area (Å²) < 4.78 is 0. The molecule has 1 aromatic heterocycles. The third-order valence-corrected chi connectivity index (χ3v) is 1.95. The molecule has 0 atom stereocenters. The van der Waals surface area contributed by atoms with Crippen molar-refractivity contribution in [3.05, 3.63) is 29.5 Å². The second-order valence-electron chi connectivity index (χ2n) is 2.70. The number of rotatable bonds is 0. The number of hydrogen-bond donors (Lipinski definition) is 1. The van der Waals surface area contributed by atoms with Crippen LogP contribution in [0.3, 0.4) is 0 Å². The average molecular weight is 157 g/mol. The van der Waals surface area contributed by atoms with Gasteiger partial charge in [-0.3, -0.25) is 0 Å². The van der Waals surface area contributed by atoms with E-state index in [4.69, 9.17) is 11.0 Å². The van der Waals surface area contributed by atoms with Crippen LogP contribution in [0.1, 0.15) is 11.1 Å². The van der Waals surface area contributed by atoms with E-state index >= 15 is 0 Å². The molecule has 58 valence electrons. The van der Waals surface area contributed by atoms with Gasteiger partial charge < -0.3 is 5.73 Å². The largest absolute Gasteiger partial charge is 0.384 e. The second kappa shape index (κ2) is 2.35. The van der Waals surface area contributed by atoms with Crippen molar-refractivity contribution in [3.63, 3.8) is 0 Å². The lowest BCUT2D eigenvalue weighted by Gasteiger charge is -1.98. The Balaban J connectivity index is 2.56. The van der Waals surface area contributed by atoms with Gasteiger partial charge in [0.05, 0.1) is 11.6 Å². The number of anilines is 1. The average Bonchev–Trinajstić information content (AvgIpc) is 2.46. The molecule has 0 saturated carbocycles. The van der Waals surface area contributed by atoms with Crippen molar-refractivity contribution in [1.82, 2.24) is 4.98 Å². The van der Waals surface area contributed by atoms with Gasteiger partial charge in [-0.25, -0.2) is 4.98 Å². The van der Waals surface area contributed by atoms with Crippen molar-refractivity contribution in [2.75, 3.05) is 5.73 Å². The van der Waals surface area contributed by atoms with Crippen LogP contribution in [0.2, 0.25) is 0 Å². The fourth-order valence-corrected chi connectivity index (χ4v) is 1.35. The van der Waals surface area contributed by atoms with Crippen LogP contribution in [0, 0.1) is 11.3 Å². The highest BCUT2D eigenvalue weighted by Gasteiger charge is 2.13. The lowest BCUT2D eigenvalue weighted by atomic mass is 10.1. The fourth-order valence-electron chi connectivity index (χ4n) is 1.35. The van der Waals surface area contributed by atoms with Crippen LogP contribution in [0.25, 0.3) is 5.57 Å². The van der Waals surface area contributed by atoms with E-state index in [9.17, 15) is 0 Å². The quantitative estimate of drug-likeness (QED) is 0.614. The Morgan fingerprint density at radius 2 is 2.42 bits per heavy atom. The van der Waals surface area contributed by atoms with Crippen molar-refractivity contribution >= 4 is 11.4 Å². The molecule has 2 rings (SSSR count).